The van der Waals surface area contributed by atoms with E-state index in [1.807, 2.05) is 31.1 Å². The lowest BCUT2D eigenvalue weighted by atomic mass is 9.72. The molecule has 1 aromatic rings. The van der Waals surface area contributed by atoms with E-state index in [4.69, 9.17) is 0 Å². The van der Waals surface area contributed by atoms with Gasteiger partial charge in [-0.15, -0.1) is 0 Å². The van der Waals surface area contributed by atoms with Crippen molar-refractivity contribution >= 4 is 5.91 Å². The van der Waals surface area contributed by atoms with Crippen LogP contribution in [0.1, 0.15) is 36.8 Å². The Bertz CT molecular complexity index is 575. The van der Waals surface area contributed by atoms with Crippen molar-refractivity contribution in [3.05, 3.63) is 35.1 Å². The number of fused-ring (bicyclic) bond motifs is 1. The molecule has 1 heterocycles. The number of hydrogen-bond acceptors (Lipinski definition) is 3. The van der Waals surface area contributed by atoms with Gasteiger partial charge < -0.3 is 4.90 Å². The Morgan fingerprint density at radius 3 is 2.83 bits per heavy atom. The molecule has 1 aliphatic carbocycles. The maximum absolute atomic E-state index is 13.9. The molecule has 1 saturated carbocycles. The number of carbonyl (C=O) groups excluding carboxylic acids is 1. The first kappa shape index (κ1) is 16.4. The summed E-state index contributed by atoms with van der Waals surface area (Å²) in [5.41, 5.74) is 7.88. The highest BCUT2D eigenvalue weighted by molar-refractivity contribution is 5.79. The number of carbonyl (C=O) groups is 1. The van der Waals surface area contributed by atoms with Crippen LogP contribution in [0, 0.1) is 17.7 Å². The number of nitrogens with zero attached hydrogens (tertiary/aromatic N) is 1. The molecule has 1 aromatic carbocycles. The third-order valence-electron chi connectivity index (χ3n) is 5.11. The van der Waals surface area contributed by atoms with Crippen LogP contribution >= 0.6 is 0 Å². The van der Waals surface area contributed by atoms with Gasteiger partial charge >= 0.3 is 0 Å². The Labute approximate surface area is 137 Å². The molecule has 0 spiro atoms. The quantitative estimate of drug-likeness (QED) is 0.894. The molecule has 3 unspecified atom stereocenters. The van der Waals surface area contributed by atoms with Gasteiger partial charge in [-0.05, 0) is 50.9 Å². The highest BCUT2D eigenvalue weighted by Gasteiger charge is 2.39. The SMILES string of the molecule is CN(C)Cc1cc(CC2NNC(=O)C3CCCCC23)ccc1F. The van der Waals surface area contributed by atoms with Crippen molar-refractivity contribution < 1.29 is 9.18 Å². The van der Waals surface area contributed by atoms with Gasteiger partial charge in [0.25, 0.3) is 0 Å². The molecule has 23 heavy (non-hydrogen) atoms. The van der Waals surface area contributed by atoms with E-state index in [1.54, 1.807) is 6.07 Å². The minimum atomic E-state index is -0.150. The first-order valence-corrected chi connectivity index (χ1v) is 8.52. The maximum atomic E-state index is 13.9. The second-order valence-electron chi connectivity index (χ2n) is 7.16. The normalized spacial score (nSPS) is 27.7. The summed E-state index contributed by atoms with van der Waals surface area (Å²) in [6, 6.07) is 5.62. The highest BCUT2D eigenvalue weighted by Crippen LogP contribution is 2.35. The minimum absolute atomic E-state index is 0.136. The summed E-state index contributed by atoms with van der Waals surface area (Å²) in [7, 11) is 3.88. The van der Waals surface area contributed by atoms with Crippen LogP contribution in [0.5, 0.6) is 0 Å². The number of halogens is 1. The van der Waals surface area contributed by atoms with Crippen molar-refractivity contribution in [3.63, 3.8) is 0 Å². The fourth-order valence-electron chi connectivity index (χ4n) is 4.00. The number of amides is 1. The number of hydrogen-bond donors (Lipinski definition) is 2. The summed E-state index contributed by atoms with van der Waals surface area (Å²) in [6.45, 7) is 0.598. The summed E-state index contributed by atoms with van der Waals surface area (Å²) in [4.78, 5) is 14.0. The predicted octanol–water partition coefficient (Wildman–Crippen LogP) is 2.24. The van der Waals surface area contributed by atoms with Crippen LogP contribution in [-0.2, 0) is 17.8 Å². The number of benzene rings is 1. The largest absolute Gasteiger partial charge is 0.305 e. The van der Waals surface area contributed by atoms with Crippen LogP contribution in [0.4, 0.5) is 4.39 Å². The summed E-state index contributed by atoms with van der Waals surface area (Å²) >= 11 is 0. The van der Waals surface area contributed by atoms with Crippen LogP contribution in [0.3, 0.4) is 0 Å². The van der Waals surface area contributed by atoms with Gasteiger partial charge in [0.05, 0.1) is 0 Å². The van der Waals surface area contributed by atoms with Gasteiger partial charge in [-0.3, -0.25) is 10.2 Å². The van der Waals surface area contributed by atoms with Crippen molar-refractivity contribution in [1.29, 1.82) is 0 Å². The number of hydrazine groups is 1. The molecule has 1 aliphatic heterocycles. The first-order chi connectivity index (χ1) is 11.0. The van der Waals surface area contributed by atoms with E-state index in [1.165, 1.54) is 6.42 Å². The molecule has 126 valence electrons. The van der Waals surface area contributed by atoms with Crippen LogP contribution in [0.15, 0.2) is 18.2 Å². The van der Waals surface area contributed by atoms with Crippen molar-refractivity contribution in [3.8, 4) is 0 Å². The number of nitrogens with one attached hydrogen (secondary N) is 2. The average molecular weight is 319 g/mol. The minimum Gasteiger partial charge on any atom is -0.305 e. The molecule has 5 heteroatoms. The predicted molar refractivity (Wildman–Crippen MR) is 88.0 cm³/mol. The molecule has 0 aromatic heterocycles. The molecule has 0 radical (unpaired) electrons. The summed E-state index contributed by atoms with van der Waals surface area (Å²) in [5, 5.41) is 0. The number of rotatable bonds is 4. The van der Waals surface area contributed by atoms with Crippen LogP contribution in [-0.4, -0.2) is 30.9 Å². The topological polar surface area (TPSA) is 44.4 Å². The zero-order valence-corrected chi connectivity index (χ0v) is 13.9. The average Bonchev–Trinajstić information content (AvgIpc) is 2.53. The lowest BCUT2D eigenvalue weighted by molar-refractivity contribution is -0.133. The van der Waals surface area contributed by atoms with Gasteiger partial charge in [0.1, 0.15) is 5.82 Å². The third-order valence-corrected chi connectivity index (χ3v) is 5.11. The molecular weight excluding hydrogens is 293 g/mol. The zero-order valence-electron chi connectivity index (χ0n) is 13.9. The molecule has 3 rings (SSSR count). The van der Waals surface area contributed by atoms with Crippen LogP contribution in [0.2, 0.25) is 0 Å². The van der Waals surface area contributed by atoms with Crippen molar-refractivity contribution in [2.75, 3.05) is 14.1 Å². The molecule has 1 amide bonds. The van der Waals surface area contributed by atoms with Crippen LogP contribution < -0.4 is 10.9 Å². The second-order valence-corrected chi connectivity index (χ2v) is 7.16. The van der Waals surface area contributed by atoms with E-state index in [0.717, 1.165) is 36.8 Å². The van der Waals surface area contributed by atoms with Crippen molar-refractivity contribution in [2.45, 2.75) is 44.7 Å². The lowest BCUT2D eigenvalue weighted by Crippen LogP contribution is -2.60. The maximum Gasteiger partial charge on any atom is 0.237 e. The summed E-state index contributed by atoms with van der Waals surface area (Å²) < 4.78 is 13.9. The van der Waals surface area contributed by atoms with Crippen LogP contribution in [0.25, 0.3) is 0 Å². The van der Waals surface area contributed by atoms with Gasteiger partial charge in [-0.25, -0.2) is 9.82 Å². The highest BCUT2D eigenvalue weighted by atomic mass is 19.1. The molecule has 1 saturated heterocycles. The van der Waals surface area contributed by atoms with E-state index in [-0.39, 0.29) is 23.7 Å². The molecule has 4 nitrogen and oxygen atoms in total. The zero-order chi connectivity index (χ0) is 16.4. The van der Waals surface area contributed by atoms with Gasteiger partial charge in [0.15, 0.2) is 0 Å². The second kappa shape index (κ2) is 6.97. The van der Waals surface area contributed by atoms with Crippen molar-refractivity contribution in [1.82, 2.24) is 15.8 Å². The summed E-state index contributed by atoms with van der Waals surface area (Å²) in [6.07, 6.45) is 5.25. The monoisotopic (exact) mass is 319 g/mol. The molecule has 2 N–H and O–H groups in total. The molecule has 2 fully saturated rings. The third kappa shape index (κ3) is 3.72. The molecular formula is C18H26FN3O. The van der Waals surface area contributed by atoms with E-state index in [9.17, 15) is 9.18 Å². The smallest absolute Gasteiger partial charge is 0.237 e. The van der Waals surface area contributed by atoms with Crippen molar-refractivity contribution in [2.24, 2.45) is 11.8 Å². The fraction of sp³-hybridized carbons (Fsp3) is 0.611. The Morgan fingerprint density at radius 1 is 1.26 bits per heavy atom. The molecule has 3 atom stereocenters. The molecule has 2 aliphatic rings. The fourth-order valence-corrected chi connectivity index (χ4v) is 4.00. The first-order valence-electron chi connectivity index (χ1n) is 8.52. The summed E-state index contributed by atoms with van der Waals surface area (Å²) in [5.74, 6) is 0.512. The van der Waals surface area contributed by atoms with Gasteiger partial charge in [0.2, 0.25) is 5.91 Å². The lowest BCUT2D eigenvalue weighted by Gasteiger charge is -2.41. The van der Waals surface area contributed by atoms with E-state index in [2.05, 4.69) is 10.9 Å². The van der Waals surface area contributed by atoms with Gasteiger partial charge in [-0.2, -0.15) is 0 Å². The Morgan fingerprint density at radius 2 is 2.04 bits per heavy atom. The van der Waals surface area contributed by atoms with E-state index < -0.39 is 0 Å². The molecule has 0 bridgehead atoms. The standard InChI is InChI=1S/C18H26FN3O/c1-22(2)11-13-9-12(7-8-16(13)19)10-17-14-5-3-4-6-15(14)18(23)21-20-17/h7-9,14-15,17,20H,3-6,10-11H2,1-2H3,(H,21,23). The van der Waals surface area contributed by atoms with E-state index >= 15 is 0 Å². The van der Waals surface area contributed by atoms with E-state index in [0.29, 0.717) is 12.5 Å². The Balaban J connectivity index is 1.74. The van der Waals surface area contributed by atoms with Gasteiger partial charge in [-0.1, -0.05) is 25.0 Å². The Kier molecular flexibility index (Phi) is 4.97. The Hall–Kier alpha value is -1.46. The van der Waals surface area contributed by atoms with Gasteiger partial charge in [0, 0.05) is 24.1 Å².